The zero-order valence-electron chi connectivity index (χ0n) is 13.8. The Morgan fingerprint density at radius 3 is 2.67 bits per heavy atom. The molecule has 7 heteroatoms. The SMILES string of the molecule is O=C(NC1CC(Cn2cc(C3CC3)nn2)C(O)C1O)C1CCCC1. The fraction of sp³-hybridized carbons (Fsp3) is 0.824. The molecule has 0 radical (unpaired) electrons. The number of rotatable bonds is 5. The third-order valence-corrected chi connectivity index (χ3v) is 5.83. The lowest BCUT2D eigenvalue weighted by Crippen LogP contribution is -2.45. The van der Waals surface area contributed by atoms with Gasteiger partial charge in [0.05, 0.1) is 17.8 Å². The third kappa shape index (κ3) is 3.19. The van der Waals surface area contributed by atoms with Crippen LogP contribution in [0.3, 0.4) is 0 Å². The van der Waals surface area contributed by atoms with Crippen LogP contribution in [0.1, 0.15) is 56.6 Å². The second kappa shape index (κ2) is 6.44. The zero-order valence-corrected chi connectivity index (χ0v) is 13.8. The average Bonchev–Trinajstić information content (AvgIpc) is 2.98. The van der Waals surface area contributed by atoms with Gasteiger partial charge in [0.25, 0.3) is 0 Å². The van der Waals surface area contributed by atoms with E-state index in [1.54, 1.807) is 4.68 Å². The van der Waals surface area contributed by atoms with Crippen LogP contribution in [0.2, 0.25) is 0 Å². The summed E-state index contributed by atoms with van der Waals surface area (Å²) in [4.78, 5) is 12.3. The van der Waals surface area contributed by atoms with Gasteiger partial charge < -0.3 is 15.5 Å². The molecular weight excluding hydrogens is 308 g/mol. The summed E-state index contributed by atoms with van der Waals surface area (Å²) in [7, 11) is 0. The molecule has 1 amide bonds. The molecule has 0 aromatic carbocycles. The Bertz CT molecular complexity index is 594. The molecule has 4 unspecified atom stereocenters. The molecular formula is C17H26N4O3. The van der Waals surface area contributed by atoms with Crippen LogP contribution in [-0.2, 0) is 11.3 Å². The van der Waals surface area contributed by atoms with Crippen molar-refractivity contribution in [1.29, 1.82) is 0 Å². The molecule has 1 aromatic heterocycles. The van der Waals surface area contributed by atoms with E-state index in [0.29, 0.717) is 18.9 Å². The van der Waals surface area contributed by atoms with Crippen molar-refractivity contribution in [3.05, 3.63) is 11.9 Å². The summed E-state index contributed by atoms with van der Waals surface area (Å²) in [6.45, 7) is 0.522. The van der Waals surface area contributed by atoms with Gasteiger partial charge in [0, 0.05) is 30.5 Å². The lowest BCUT2D eigenvalue weighted by atomic mass is 10.1. The van der Waals surface area contributed by atoms with Gasteiger partial charge in [-0.05, 0) is 32.1 Å². The highest BCUT2D eigenvalue weighted by Gasteiger charge is 2.43. The molecule has 24 heavy (non-hydrogen) atoms. The van der Waals surface area contributed by atoms with E-state index < -0.39 is 12.2 Å². The quantitative estimate of drug-likeness (QED) is 0.731. The molecule has 3 fully saturated rings. The molecule has 0 spiro atoms. The number of carbonyl (C=O) groups excluding carboxylic acids is 1. The summed E-state index contributed by atoms with van der Waals surface area (Å²) in [5.74, 6) is 0.532. The molecule has 1 aromatic rings. The maximum absolute atomic E-state index is 12.3. The number of nitrogens with one attached hydrogen (secondary N) is 1. The van der Waals surface area contributed by atoms with E-state index in [-0.39, 0.29) is 23.8 Å². The Morgan fingerprint density at radius 2 is 1.96 bits per heavy atom. The van der Waals surface area contributed by atoms with Crippen molar-refractivity contribution < 1.29 is 15.0 Å². The standard InChI is InChI=1S/C17H26N4O3/c22-15-12(8-21-9-14(19-20-21)10-5-6-10)7-13(16(15)23)18-17(24)11-3-1-2-4-11/h9-13,15-16,22-23H,1-8H2,(H,18,24). The molecule has 1 heterocycles. The predicted octanol–water partition coefficient (Wildman–Crippen LogP) is 0.572. The first-order valence-electron chi connectivity index (χ1n) is 9.18. The van der Waals surface area contributed by atoms with Crippen molar-refractivity contribution in [1.82, 2.24) is 20.3 Å². The average molecular weight is 334 g/mol. The minimum atomic E-state index is -0.910. The molecule has 3 saturated carbocycles. The Kier molecular flexibility index (Phi) is 4.30. The third-order valence-electron chi connectivity index (χ3n) is 5.83. The maximum Gasteiger partial charge on any atom is 0.223 e. The fourth-order valence-corrected chi connectivity index (χ4v) is 4.15. The molecule has 3 aliphatic carbocycles. The van der Waals surface area contributed by atoms with Crippen molar-refractivity contribution in [2.24, 2.45) is 11.8 Å². The number of hydrogen-bond acceptors (Lipinski definition) is 5. The van der Waals surface area contributed by atoms with Crippen molar-refractivity contribution in [3.8, 4) is 0 Å². The Balaban J connectivity index is 1.35. The van der Waals surface area contributed by atoms with Crippen LogP contribution in [0.4, 0.5) is 0 Å². The van der Waals surface area contributed by atoms with Crippen molar-refractivity contribution in [2.75, 3.05) is 0 Å². The van der Waals surface area contributed by atoms with Crippen LogP contribution in [0.15, 0.2) is 6.20 Å². The summed E-state index contributed by atoms with van der Waals surface area (Å²) in [6, 6.07) is -0.371. The molecule has 7 nitrogen and oxygen atoms in total. The van der Waals surface area contributed by atoms with Gasteiger partial charge >= 0.3 is 0 Å². The van der Waals surface area contributed by atoms with Crippen LogP contribution in [0.25, 0.3) is 0 Å². The smallest absolute Gasteiger partial charge is 0.223 e. The fourth-order valence-electron chi connectivity index (χ4n) is 4.15. The van der Waals surface area contributed by atoms with Gasteiger partial charge in [-0.15, -0.1) is 5.10 Å². The molecule has 0 bridgehead atoms. The minimum Gasteiger partial charge on any atom is -0.390 e. The van der Waals surface area contributed by atoms with E-state index in [4.69, 9.17) is 0 Å². The van der Waals surface area contributed by atoms with E-state index in [2.05, 4.69) is 15.6 Å². The largest absolute Gasteiger partial charge is 0.390 e. The Hall–Kier alpha value is -1.47. The van der Waals surface area contributed by atoms with E-state index in [1.165, 1.54) is 12.8 Å². The van der Waals surface area contributed by atoms with Crippen LogP contribution in [0, 0.1) is 11.8 Å². The first kappa shape index (κ1) is 16.0. The molecule has 3 N–H and O–H groups in total. The summed E-state index contributed by atoms with van der Waals surface area (Å²) in [6.07, 6.45) is 7.20. The van der Waals surface area contributed by atoms with Crippen molar-refractivity contribution in [3.63, 3.8) is 0 Å². The number of carbonyl (C=O) groups is 1. The lowest BCUT2D eigenvalue weighted by molar-refractivity contribution is -0.126. The molecule has 4 rings (SSSR count). The van der Waals surface area contributed by atoms with E-state index in [9.17, 15) is 15.0 Å². The summed E-state index contributed by atoms with van der Waals surface area (Å²) in [5.41, 5.74) is 1.02. The van der Waals surface area contributed by atoms with Crippen LogP contribution >= 0.6 is 0 Å². The minimum absolute atomic E-state index is 0.0289. The molecule has 132 valence electrons. The van der Waals surface area contributed by atoms with Gasteiger partial charge in [-0.2, -0.15) is 0 Å². The van der Waals surface area contributed by atoms with Gasteiger partial charge in [-0.25, -0.2) is 0 Å². The monoisotopic (exact) mass is 334 g/mol. The normalized spacial score (nSPS) is 33.9. The highest BCUT2D eigenvalue weighted by Crippen LogP contribution is 2.38. The van der Waals surface area contributed by atoms with Gasteiger partial charge in [-0.3, -0.25) is 9.48 Å². The van der Waals surface area contributed by atoms with E-state index in [0.717, 1.165) is 31.4 Å². The molecule has 0 aliphatic heterocycles. The zero-order chi connectivity index (χ0) is 16.7. The molecule has 0 saturated heterocycles. The van der Waals surface area contributed by atoms with Crippen LogP contribution < -0.4 is 5.32 Å². The van der Waals surface area contributed by atoms with Gasteiger partial charge in [0.15, 0.2) is 0 Å². The number of aromatic nitrogens is 3. The van der Waals surface area contributed by atoms with Gasteiger partial charge in [-0.1, -0.05) is 18.1 Å². The van der Waals surface area contributed by atoms with Crippen molar-refractivity contribution in [2.45, 2.75) is 75.7 Å². The van der Waals surface area contributed by atoms with E-state index in [1.807, 2.05) is 6.20 Å². The maximum atomic E-state index is 12.3. The number of hydrogen-bond donors (Lipinski definition) is 3. The highest BCUT2D eigenvalue weighted by atomic mass is 16.3. The first-order valence-corrected chi connectivity index (χ1v) is 9.18. The number of nitrogens with zero attached hydrogens (tertiary/aromatic N) is 3. The van der Waals surface area contributed by atoms with Crippen LogP contribution in [0.5, 0.6) is 0 Å². The van der Waals surface area contributed by atoms with Crippen molar-refractivity contribution >= 4 is 5.91 Å². The topological polar surface area (TPSA) is 100 Å². The van der Waals surface area contributed by atoms with E-state index >= 15 is 0 Å². The van der Waals surface area contributed by atoms with Gasteiger partial charge in [0.2, 0.25) is 5.91 Å². The van der Waals surface area contributed by atoms with Crippen LogP contribution in [-0.4, -0.2) is 49.4 Å². The summed E-state index contributed by atoms with van der Waals surface area (Å²) in [5, 5.41) is 31.9. The number of amides is 1. The highest BCUT2D eigenvalue weighted by molar-refractivity contribution is 5.79. The summed E-state index contributed by atoms with van der Waals surface area (Å²) < 4.78 is 1.76. The number of aliphatic hydroxyl groups is 2. The second-order valence-corrected chi connectivity index (χ2v) is 7.71. The Labute approximate surface area is 141 Å². The van der Waals surface area contributed by atoms with Gasteiger partial charge in [0.1, 0.15) is 6.10 Å². The number of aliphatic hydroxyl groups excluding tert-OH is 2. The second-order valence-electron chi connectivity index (χ2n) is 7.71. The molecule has 4 atom stereocenters. The molecule has 3 aliphatic rings. The lowest BCUT2D eigenvalue weighted by Gasteiger charge is -2.20. The summed E-state index contributed by atoms with van der Waals surface area (Å²) >= 11 is 0. The first-order chi connectivity index (χ1) is 11.6. The predicted molar refractivity (Wildman–Crippen MR) is 86.0 cm³/mol. The Morgan fingerprint density at radius 1 is 1.21 bits per heavy atom.